The number of ether oxygens (including phenoxy) is 1. The van der Waals surface area contributed by atoms with Gasteiger partial charge in [-0.2, -0.15) is 0 Å². The summed E-state index contributed by atoms with van der Waals surface area (Å²) in [5, 5.41) is 2.90. The van der Waals surface area contributed by atoms with Gasteiger partial charge in [-0.25, -0.2) is 0 Å². The van der Waals surface area contributed by atoms with Crippen molar-refractivity contribution in [1.82, 2.24) is 5.32 Å². The summed E-state index contributed by atoms with van der Waals surface area (Å²) in [4.78, 5) is 23.7. The van der Waals surface area contributed by atoms with Crippen LogP contribution in [0.5, 0.6) is 5.75 Å². The van der Waals surface area contributed by atoms with Crippen LogP contribution < -0.4 is 10.1 Å². The molecular formula is C19H21NO3. The fraction of sp³-hybridized carbons (Fsp3) is 0.263. The molecule has 0 bridgehead atoms. The Labute approximate surface area is 136 Å². The van der Waals surface area contributed by atoms with Gasteiger partial charge < -0.3 is 10.1 Å². The lowest BCUT2D eigenvalue weighted by molar-refractivity contribution is -0.120. The molecule has 0 heterocycles. The number of hydrogen-bond acceptors (Lipinski definition) is 3. The minimum Gasteiger partial charge on any atom is -0.496 e. The molecule has 2 aromatic rings. The van der Waals surface area contributed by atoms with Gasteiger partial charge in [0.05, 0.1) is 13.5 Å². The molecule has 2 aromatic carbocycles. The highest BCUT2D eigenvalue weighted by atomic mass is 16.5. The smallest absolute Gasteiger partial charge is 0.224 e. The Hall–Kier alpha value is -2.62. The van der Waals surface area contributed by atoms with Gasteiger partial charge in [-0.05, 0) is 37.6 Å². The first kappa shape index (κ1) is 16.7. The van der Waals surface area contributed by atoms with E-state index in [2.05, 4.69) is 5.32 Å². The summed E-state index contributed by atoms with van der Waals surface area (Å²) in [5.74, 6) is 0.472. The molecule has 0 aliphatic heterocycles. The number of rotatable bonds is 6. The topological polar surface area (TPSA) is 55.4 Å². The van der Waals surface area contributed by atoms with E-state index in [0.717, 1.165) is 11.1 Å². The lowest BCUT2D eigenvalue weighted by Gasteiger charge is -2.11. The molecule has 23 heavy (non-hydrogen) atoms. The van der Waals surface area contributed by atoms with Crippen molar-refractivity contribution >= 4 is 11.7 Å². The van der Waals surface area contributed by atoms with E-state index in [1.54, 1.807) is 25.3 Å². The second kappa shape index (κ2) is 7.58. The quantitative estimate of drug-likeness (QED) is 0.834. The molecule has 0 radical (unpaired) electrons. The molecule has 0 saturated heterocycles. The summed E-state index contributed by atoms with van der Waals surface area (Å²) >= 11 is 0. The van der Waals surface area contributed by atoms with E-state index in [9.17, 15) is 9.59 Å². The first-order chi connectivity index (χ1) is 11.0. The number of methoxy groups -OCH3 is 1. The standard InChI is InChI=1S/C19H21NO3/c1-13-5-4-6-15(9-13)12-20-19(22)11-17-10-16(14(2)21)7-8-18(17)23-3/h4-10H,11-12H2,1-3H3,(H,20,22). The first-order valence-electron chi connectivity index (χ1n) is 7.49. The normalized spacial score (nSPS) is 10.2. The van der Waals surface area contributed by atoms with Gasteiger partial charge in [0.1, 0.15) is 5.75 Å². The number of nitrogens with one attached hydrogen (secondary N) is 1. The second-order valence-corrected chi connectivity index (χ2v) is 5.53. The summed E-state index contributed by atoms with van der Waals surface area (Å²) in [6.45, 7) is 4.00. The Morgan fingerprint density at radius 3 is 2.57 bits per heavy atom. The molecule has 0 spiro atoms. The number of benzene rings is 2. The van der Waals surface area contributed by atoms with Crippen LogP contribution in [-0.2, 0) is 17.8 Å². The Bertz CT molecular complexity index is 722. The van der Waals surface area contributed by atoms with Crippen molar-refractivity contribution < 1.29 is 14.3 Å². The molecule has 0 saturated carbocycles. The molecule has 0 aromatic heterocycles. The van der Waals surface area contributed by atoms with Crippen LogP contribution in [0.3, 0.4) is 0 Å². The van der Waals surface area contributed by atoms with E-state index in [1.165, 1.54) is 6.92 Å². The molecule has 0 aliphatic rings. The number of amides is 1. The monoisotopic (exact) mass is 311 g/mol. The summed E-state index contributed by atoms with van der Waals surface area (Å²) in [6.07, 6.45) is 0.177. The van der Waals surface area contributed by atoms with E-state index < -0.39 is 0 Å². The first-order valence-corrected chi connectivity index (χ1v) is 7.49. The highest BCUT2D eigenvalue weighted by molar-refractivity contribution is 5.94. The van der Waals surface area contributed by atoms with Gasteiger partial charge >= 0.3 is 0 Å². The van der Waals surface area contributed by atoms with Gasteiger partial charge in [0.2, 0.25) is 5.91 Å². The van der Waals surface area contributed by atoms with Crippen molar-refractivity contribution in [3.05, 3.63) is 64.7 Å². The average Bonchev–Trinajstić information content (AvgIpc) is 2.53. The molecule has 0 unspecified atom stereocenters. The molecule has 0 fully saturated rings. The van der Waals surface area contributed by atoms with Crippen LogP contribution in [0.15, 0.2) is 42.5 Å². The van der Waals surface area contributed by atoms with Crippen molar-refractivity contribution in [1.29, 1.82) is 0 Å². The average molecular weight is 311 g/mol. The summed E-state index contributed by atoms with van der Waals surface area (Å²) in [6, 6.07) is 13.1. The van der Waals surface area contributed by atoms with E-state index >= 15 is 0 Å². The number of aryl methyl sites for hydroxylation is 1. The molecule has 1 amide bonds. The van der Waals surface area contributed by atoms with Crippen molar-refractivity contribution in [3.63, 3.8) is 0 Å². The van der Waals surface area contributed by atoms with E-state index in [0.29, 0.717) is 23.4 Å². The SMILES string of the molecule is COc1ccc(C(C)=O)cc1CC(=O)NCc1cccc(C)c1. The maximum Gasteiger partial charge on any atom is 0.224 e. The number of ketones is 1. The van der Waals surface area contributed by atoms with Crippen molar-refractivity contribution in [2.45, 2.75) is 26.8 Å². The molecular weight excluding hydrogens is 290 g/mol. The molecule has 4 nitrogen and oxygen atoms in total. The minimum absolute atomic E-state index is 0.0333. The predicted octanol–water partition coefficient (Wildman–Crippen LogP) is 3.07. The van der Waals surface area contributed by atoms with Crippen LogP contribution in [-0.4, -0.2) is 18.8 Å². The van der Waals surface area contributed by atoms with E-state index in [4.69, 9.17) is 4.74 Å². The predicted molar refractivity (Wildman–Crippen MR) is 89.7 cm³/mol. The van der Waals surface area contributed by atoms with Crippen molar-refractivity contribution in [2.24, 2.45) is 0 Å². The molecule has 1 N–H and O–H groups in total. The second-order valence-electron chi connectivity index (χ2n) is 5.53. The summed E-state index contributed by atoms with van der Waals surface area (Å²) in [7, 11) is 1.55. The Morgan fingerprint density at radius 1 is 1.13 bits per heavy atom. The number of carbonyl (C=O) groups excluding carboxylic acids is 2. The third kappa shape index (κ3) is 4.68. The van der Waals surface area contributed by atoms with Crippen LogP contribution in [0.1, 0.15) is 34.0 Å². The molecule has 0 aliphatic carbocycles. The Kier molecular flexibility index (Phi) is 5.52. The highest BCUT2D eigenvalue weighted by Gasteiger charge is 2.11. The van der Waals surface area contributed by atoms with Crippen LogP contribution in [0.4, 0.5) is 0 Å². The van der Waals surface area contributed by atoms with Crippen LogP contribution >= 0.6 is 0 Å². The maximum absolute atomic E-state index is 12.2. The van der Waals surface area contributed by atoms with Crippen molar-refractivity contribution in [2.75, 3.05) is 7.11 Å². The number of hydrogen-bond donors (Lipinski definition) is 1. The minimum atomic E-state index is -0.106. The van der Waals surface area contributed by atoms with Crippen molar-refractivity contribution in [3.8, 4) is 5.75 Å². The zero-order valence-corrected chi connectivity index (χ0v) is 13.7. The number of carbonyl (C=O) groups is 2. The fourth-order valence-corrected chi connectivity index (χ4v) is 2.39. The largest absolute Gasteiger partial charge is 0.496 e. The van der Waals surface area contributed by atoms with Crippen LogP contribution in [0.25, 0.3) is 0 Å². The van der Waals surface area contributed by atoms with Gasteiger partial charge in [-0.15, -0.1) is 0 Å². The van der Waals surface area contributed by atoms with Crippen LogP contribution in [0.2, 0.25) is 0 Å². The zero-order valence-electron chi connectivity index (χ0n) is 13.7. The summed E-state index contributed by atoms with van der Waals surface area (Å²) in [5.41, 5.74) is 3.50. The fourth-order valence-electron chi connectivity index (χ4n) is 2.39. The maximum atomic E-state index is 12.2. The van der Waals surface area contributed by atoms with E-state index in [1.807, 2.05) is 31.2 Å². The Balaban J connectivity index is 2.04. The molecule has 120 valence electrons. The van der Waals surface area contributed by atoms with Gasteiger partial charge in [-0.3, -0.25) is 9.59 Å². The van der Waals surface area contributed by atoms with Gasteiger partial charge in [0.15, 0.2) is 5.78 Å². The zero-order chi connectivity index (χ0) is 16.8. The lowest BCUT2D eigenvalue weighted by Crippen LogP contribution is -2.24. The molecule has 2 rings (SSSR count). The van der Waals surface area contributed by atoms with Gasteiger partial charge in [0.25, 0.3) is 0 Å². The summed E-state index contributed by atoms with van der Waals surface area (Å²) < 4.78 is 5.27. The van der Waals surface area contributed by atoms with E-state index in [-0.39, 0.29) is 18.1 Å². The molecule has 0 atom stereocenters. The highest BCUT2D eigenvalue weighted by Crippen LogP contribution is 2.21. The van der Waals surface area contributed by atoms with Gasteiger partial charge in [-0.1, -0.05) is 29.8 Å². The third-order valence-electron chi connectivity index (χ3n) is 3.61. The molecule has 4 heteroatoms. The van der Waals surface area contributed by atoms with Gasteiger partial charge in [0, 0.05) is 17.7 Å². The third-order valence-corrected chi connectivity index (χ3v) is 3.61. The number of Topliss-reactive ketones (excluding diaryl/α,β-unsaturated/α-hetero) is 1. The Morgan fingerprint density at radius 2 is 1.91 bits per heavy atom. The lowest BCUT2D eigenvalue weighted by atomic mass is 10.0. The van der Waals surface area contributed by atoms with Crippen LogP contribution in [0, 0.1) is 6.92 Å².